The van der Waals surface area contributed by atoms with Crippen molar-refractivity contribution in [2.45, 2.75) is 12.9 Å². The van der Waals surface area contributed by atoms with Gasteiger partial charge in [0, 0.05) is 11.9 Å². The molecule has 1 unspecified atom stereocenters. The number of hydrogen-bond acceptors (Lipinski definition) is 6. The molecule has 0 radical (unpaired) electrons. The minimum atomic E-state index is -1.52. The van der Waals surface area contributed by atoms with Crippen molar-refractivity contribution in [1.82, 2.24) is 4.90 Å². The maximum absolute atomic E-state index is 12.7. The third-order valence-electron chi connectivity index (χ3n) is 4.41. The second kappa shape index (κ2) is 9.25. The van der Waals surface area contributed by atoms with Crippen molar-refractivity contribution < 1.29 is 29.3 Å². The van der Waals surface area contributed by atoms with Crippen LogP contribution < -0.4 is 15.4 Å². The molecule has 1 aliphatic heterocycles. The van der Waals surface area contributed by atoms with Gasteiger partial charge in [0.25, 0.3) is 11.8 Å². The van der Waals surface area contributed by atoms with Crippen LogP contribution in [0.1, 0.15) is 5.56 Å². The van der Waals surface area contributed by atoms with Crippen molar-refractivity contribution in [3.8, 4) is 5.75 Å². The largest absolute Gasteiger partial charge is 0.484 e. The number of aliphatic carboxylic acids is 1. The summed E-state index contributed by atoms with van der Waals surface area (Å²) in [6.07, 6.45) is -0.479. The van der Waals surface area contributed by atoms with Gasteiger partial charge < -0.3 is 25.6 Å². The zero-order chi connectivity index (χ0) is 22.7. The Hall–Kier alpha value is -3.27. The number of nitrogens with two attached hydrogens (primary N) is 1. The van der Waals surface area contributed by atoms with Crippen LogP contribution in [0.25, 0.3) is 0 Å². The summed E-state index contributed by atoms with van der Waals surface area (Å²) >= 11 is 12.2. The Kier molecular flexibility index (Phi) is 6.69. The third-order valence-corrected chi connectivity index (χ3v) is 5.26. The maximum Gasteiger partial charge on any atom is 0.342 e. The lowest BCUT2D eigenvalue weighted by atomic mass is 10.1. The Labute approximate surface area is 186 Å². The highest BCUT2D eigenvalue weighted by atomic mass is 35.5. The average Bonchev–Trinajstić information content (AvgIpc) is 2.73. The van der Waals surface area contributed by atoms with E-state index < -0.39 is 29.7 Å². The highest BCUT2D eigenvalue weighted by molar-refractivity contribution is 6.42. The van der Waals surface area contributed by atoms with E-state index in [1.165, 1.54) is 29.2 Å². The summed E-state index contributed by atoms with van der Waals surface area (Å²) in [7, 11) is 0. The average molecular weight is 466 g/mol. The Balaban J connectivity index is 1.93. The van der Waals surface area contributed by atoms with Crippen LogP contribution in [0.4, 0.5) is 5.69 Å². The van der Waals surface area contributed by atoms with E-state index in [2.05, 4.69) is 0 Å². The number of ether oxygens (including phenoxy) is 1. The molecule has 0 bridgehead atoms. The maximum atomic E-state index is 12.7. The first-order valence-corrected chi connectivity index (χ1v) is 9.61. The summed E-state index contributed by atoms with van der Waals surface area (Å²) < 4.78 is 5.18. The number of amides is 2. The first kappa shape index (κ1) is 22.4. The first-order chi connectivity index (χ1) is 14.7. The highest BCUT2D eigenvalue weighted by Crippen LogP contribution is 2.31. The van der Waals surface area contributed by atoms with E-state index in [1.807, 2.05) is 0 Å². The number of hydrogen-bond donors (Lipinski definition) is 3. The normalized spacial score (nSPS) is 16.2. The molecule has 3 rings (SSSR count). The molecule has 11 heteroatoms. The smallest absolute Gasteiger partial charge is 0.342 e. The minimum Gasteiger partial charge on any atom is -0.484 e. The van der Waals surface area contributed by atoms with Gasteiger partial charge in [0.2, 0.25) is 6.35 Å². The van der Waals surface area contributed by atoms with Gasteiger partial charge in [-0.15, -0.1) is 0 Å². The van der Waals surface area contributed by atoms with Crippen molar-refractivity contribution in [2.24, 2.45) is 5.73 Å². The lowest BCUT2D eigenvalue weighted by molar-refractivity contribution is -0.144. The molecule has 0 saturated heterocycles. The number of halogens is 2. The Morgan fingerprint density at radius 1 is 1.13 bits per heavy atom. The molecule has 4 N–H and O–H groups in total. The van der Waals surface area contributed by atoms with Crippen LogP contribution in [-0.4, -0.2) is 45.9 Å². The van der Waals surface area contributed by atoms with E-state index in [1.54, 1.807) is 18.2 Å². The van der Waals surface area contributed by atoms with Crippen LogP contribution in [0.5, 0.6) is 5.75 Å². The van der Waals surface area contributed by atoms with Crippen molar-refractivity contribution >= 4 is 46.7 Å². The quantitative estimate of drug-likeness (QED) is 0.532. The van der Waals surface area contributed by atoms with Crippen LogP contribution in [0, 0.1) is 0 Å². The fourth-order valence-electron chi connectivity index (χ4n) is 2.90. The second-order valence-electron chi connectivity index (χ2n) is 6.50. The number of rotatable bonds is 7. The van der Waals surface area contributed by atoms with Gasteiger partial charge in [-0.3, -0.25) is 14.5 Å². The predicted octanol–water partition coefficient (Wildman–Crippen LogP) is 1.95. The highest BCUT2D eigenvalue weighted by Gasteiger charge is 2.37. The third kappa shape index (κ3) is 4.91. The Bertz CT molecular complexity index is 1060. The predicted molar refractivity (Wildman–Crippen MR) is 112 cm³/mol. The summed E-state index contributed by atoms with van der Waals surface area (Å²) in [5, 5.41) is 20.8. The van der Waals surface area contributed by atoms with Crippen molar-refractivity contribution in [1.29, 1.82) is 0 Å². The molecular weight excluding hydrogens is 449 g/mol. The Morgan fingerprint density at radius 3 is 2.42 bits per heavy atom. The molecule has 1 atom stereocenters. The summed E-state index contributed by atoms with van der Waals surface area (Å²) in [6.45, 7) is -0.488. The zero-order valence-corrected chi connectivity index (χ0v) is 17.4. The number of nitrogens with zero attached hydrogens (tertiary/aromatic N) is 2. The number of carbonyl (C=O) groups excluding carboxylic acids is 2. The van der Waals surface area contributed by atoms with Crippen LogP contribution in [0.15, 0.2) is 54.2 Å². The van der Waals surface area contributed by atoms with E-state index in [0.29, 0.717) is 17.0 Å². The van der Waals surface area contributed by atoms with Crippen LogP contribution >= 0.6 is 23.2 Å². The lowest BCUT2D eigenvalue weighted by Crippen LogP contribution is -2.54. The number of carboxylic acids is 1. The van der Waals surface area contributed by atoms with Crippen molar-refractivity contribution in [3.63, 3.8) is 0 Å². The van der Waals surface area contributed by atoms with Crippen molar-refractivity contribution in [2.75, 3.05) is 11.5 Å². The van der Waals surface area contributed by atoms with E-state index in [-0.39, 0.29) is 23.2 Å². The van der Waals surface area contributed by atoms with E-state index >= 15 is 0 Å². The number of aliphatic hydroxyl groups is 1. The molecule has 162 valence electrons. The van der Waals surface area contributed by atoms with Gasteiger partial charge in [0.1, 0.15) is 11.3 Å². The topological polar surface area (TPSA) is 133 Å². The summed E-state index contributed by atoms with van der Waals surface area (Å²) in [5.41, 5.74) is 5.29. The second-order valence-corrected chi connectivity index (χ2v) is 7.28. The van der Waals surface area contributed by atoms with Gasteiger partial charge in [-0.2, -0.15) is 0 Å². The first-order valence-electron chi connectivity index (χ1n) is 8.85. The Morgan fingerprint density at radius 2 is 1.81 bits per heavy atom. The SMILES string of the molecule is NC(=O)COc1ccc(N2C=C(C(=O)O)C(=O)N(Cc3cccc(Cl)c3Cl)C2O)cc1. The van der Waals surface area contributed by atoms with Gasteiger partial charge in [-0.1, -0.05) is 35.3 Å². The molecular formula is C20H17Cl2N3O6. The number of carboxylic acid groups (broad SMARTS) is 1. The van der Waals surface area contributed by atoms with E-state index in [9.17, 15) is 24.6 Å². The molecule has 1 aliphatic rings. The molecule has 0 fully saturated rings. The molecule has 2 aromatic rings. The molecule has 9 nitrogen and oxygen atoms in total. The number of anilines is 1. The molecule has 2 aromatic carbocycles. The zero-order valence-electron chi connectivity index (χ0n) is 15.9. The van der Waals surface area contributed by atoms with Gasteiger partial charge >= 0.3 is 5.97 Å². The lowest BCUT2D eigenvalue weighted by Gasteiger charge is -2.39. The minimum absolute atomic E-state index is 0.180. The van der Waals surface area contributed by atoms with Gasteiger partial charge in [-0.05, 0) is 35.9 Å². The summed E-state index contributed by atoms with van der Waals surface area (Å²) in [6, 6.07) is 10.9. The van der Waals surface area contributed by atoms with E-state index in [0.717, 1.165) is 11.1 Å². The van der Waals surface area contributed by atoms with Gasteiger partial charge in [0.15, 0.2) is 6.61 Å². The summed E-state index contributed by atoms with van der Waals surface area (Å²) in [4.78, 5) is 37.3. The fraction of sp³-hybridized carbons (Fsp3) is 0.150. The van der Waals surface area contributed by atoms with E-state index in [4.69, 9.17) is 33.7 Å². The molecule has 2 amide bonds. The van der Waals surface area contributed by atoms with Gasteiger partial charge in [0.05, 0.1) is 16.6 Å². The molecule has 0 spiro atoms. The molecule has 0 saturated carbocycles. The molecule has 0 aliphatic carbocycles. The van der Waals surface area contributed by atoms with Crippen LogP contribution in [0.3, 0.4) is 0 Å². The fourth-order valence-corrected chi connectivity index (χ4v) is 3.28. The summed E-state index contributed by atoms with van der Waals surface area (Å²) in [5.74, 6) is -2.63. The monoisotopic (exact) mass is 465 g/mol. The van der Waals surface area contributed by atoms with Crippen LogP contribution in [-0.2, 0) is 20.9 Å². The van der Waals surface area contributed by atoms with Crippen LogP contribution in [0.2, 0.25) is 10.0 Å². The number of aliphatic hydroxyl groups excluding tert-OH is 1. The number of benzene rings is 2. The number of primary amides is 1. The van der Waals surface area contributed by atoms with Gasteiger partial charge in [-0.25, -0.2) is 4.79 Å². The van der Waals surface area contributed by atoms with Crippen molar-refractivity contribution in [3.05, 3.63) is 69.8 Å². The molecule has 0 aromatic heterocycles. The standard InChI is InChI=1S/C20H17Cl2N3O6/c21-15-3-1-2-11(17(15)22)8-25-18(27)14(19(28)29)9-24(20(25)30)12-4-6-13(7-5-12)31-10-16(23)26/h1-7,9,20,30H,8,10H2,(H2,23,26)(H,28,29). The molecule has 1 heterocycles. The number of carbonyl (C=O) groups is 3. The molecule has 31 heavy (non-hydrogen) atoms.